The Hall–Kier alpha value is -2.40. The molecule has 2 aromatic carbocycles. The quantitative estimate of drug-likeness (QED) is 0.648. The lowest BCUT2D eigenvalue weighted by molar-refractivity contribution is 0.0937. The molecule has 0 aliphatic rings. The number of nitrogens with one attached hydrogen (secondary N) is 2. The van der Waals surface area contributed by atoms with Crippen molar-refractivity contribution in [2.45, 2.75) is 25.8 Å². The number of carbonyl (C=O) groups is 1. The Morgan fingerprint density at radius 1 is 1.00 bits per heavy atom. The van der Waals surface area contributed by atoms with E-state index in [0.717, 1.165) is 21.3 Å². The Bertz CT molecular complexity index is 804. The molecule has 0 saturated carbocycles. The van der Waals surface area contributed by atoms with E-state index in [-0.39, 0.29) is 17.9 Å². The Morgan fingerprint density at radius 3 is 1.96 bits per heavy atom. The fourth-order valence-electron chi connectivity index (χ4n) is 2.72. The van der Waals surface area contributed by atoms with Crippen LogP contribution in [0.4, 0.5) is 0 Å². The highest BCUT2D eigenvalue weighted by atomic mass is 79.9. The van der Waals surface area contributed by atoms with Gasteiger partial charge in [-0.25, -0.2) is 0 Å². The Kier molecular flexibility index (Phi) is 5.34. The van der Waals surface area contributed by atoms with E-state index >= 15 is 0 Å². The summed E-state index contributed by atoms with van der Waals surface area (Å²) in [5, 5.41) is 10.3. The van der Waals surface area contributed by atoms with Crippen LogP contribution in [0, 0.1) is 0 Å². The minimum absolute atomic E-state index is 0.215. The van der Waals surface area contributed by atoms with Gasteiger partial charge in [-0.15, -0.1) is 0 Å². The number of rotatable bonds is 5. The molecule has 5 heteroatoms. The lowest BCUT2D eigenvalue weighted by atomic mass is 9.98. The predicted molar refractivity (Wildman–Crippen MR) is 103 cm³/mol. The molecule has 25 heavy (non-hydrogen) atoms. The zero-order valence-electron chi connectivity index (χ0n) is 14.2. The molecule has 1 amide bonds. The van der Waals surface area contributed by atoms with Crippen LogP contribution in [-0.4, -0.2) is 16.1 Å². The number of hydrogen-bond acceptors (Lipinski definition) is 2. The number of hydrogen-bond donors (Lipinski definition) is 2. The zero-order valence-corrected chi connectivity index (χ0v) is 15.7. The summed E-state index contributed by atoms with van der Waals surface area (Å²) in [6.07, 6.45) is 0. The number of aromatic amines is 1. The van der Waals surface area contributed by atoms with Crippen molar-refractivity contribution >= 4 is 21.8 Å². The van der Waals surface area contributed by atoms with Crippen LogP contribution in [0.25, 0.3) is 0 Å². The summed E-state index contributed by atoms with van der Waals surface area (Å²) in [6, 6.07) is 19.6. The third-order valence-corrected chi connectivity index (χ3v) is 4.87. The molecule has 0 radical (unpaired) electrons. The van der Waals surface area contributed by atoms with Crippen LogP contribution < -0.4 is 5.32 Å². The van der Waals surface area contributed by atoms with Gasteiger partial charge in [0.05, 0.1) is 16.2 Å². The highest BCUT2D eigenvalue weighted by Gasteiger charge is 2.23. The molecule has 128 valence electrons. The molecule has 0 aliphatic carbocycles. The normalized spacial score (nSPS) is 11.1. The highest BCUT2D eigenvalue weighted by molar-refractivity contribution is 9.10. The summed E-state index contributed by atoms with van der Waals surface area (Å²) in [7, 11) is 0. The standard InChI is InChI=1S/C20H20BrN3O/c1-13(2)17-16(21)19(24-23-17)20(25)22-18(14-9-5-3-6-10-14)15-11-7-4-8-12-15/h3-13,18H,1-2H3,(H,22,25)(H,23,24). The van der Waals surface area contributed by atoms with Crippen molar-refractivity contribution in [1.29, 1.82) is 0 Å². The molecule has 1 heterocycles. The number of benzene rings is 2. The lowest BCUT2D eigenvalue weighted by Crippen LogP contribution is -2.29. The van der Waals surface area contributed by atoms with Crippen molar-refractivity contribution in [3.8, 4) is 0 Å². The van der Waals surface area contributed by atoms with Crippen LogP contribution in [0.3, 0.4) is 0 Å². The SMILES string of the molecule is CC(C)c1[nH]nc(C(=O)NC(c2ccccc2)c2ccccc2)c1Br. The Balaban J connectivity index is 1.92. The predicted octanol–water partition coefficient (Wildman–Crippen LogP) is 4.82. The summed E-state index contributed by atoms with van der Waals surface area (Å²) >= 11 is 3.50. The number of carbonyl (C=O) groups excluding carboxylic acids is 1. The van der Waals surface area contributed by atoms with E-state index in [4.69, 9.17) is 0 Å². The molecule has 0 saturated heterocycles. The first-order valence-corrected chi connectivity index (χ1v) is 9.01. The number of H-pyrrole nitrogens is 1. The van der Waals surface area contributed by atoms with Gasteiger partial charge in [0, 0.05) is 0 Å². The van der Waals surface area contributed by atoms with Crippen molar-refractivity contribution < 1.29 is 4.79 Å². The molecule has 0 bridgehead atoms. The fourth-order valence-corrected chi connectivity index (χ4v) is 3.54. The monoisotopic (exact) mass is 397 g/mol. The van der Waals surface area contributed by atoms with Crippen molar-refractivity contribution in [2.24, 2.45) is 0 Å². The van der Waals surface area contributed by atoms with Gasteiger partial charge in [-0.05, 0) is 33.0 Å². The molecular formula is C20H20BrN3O. The lowest BCUT2D eigenvalue weighted by Gasteiger charge is -2.19. The van der Waals surface area contributed by atoms with Crippen LogP contribution in [0.1, 0.15) is 53.1 Å². The summed E-state index contributed by atoms with van der Waals surface area (Å²) in [5.41, 5.74) is 3.34. The van der Waals surface area contributed by atoms with Crippen LogP contribution in [0.5, 0.6) is 0 Å². The molecule has 3 rings (SSSR count). The summed E-state index contributed by atoms with van der Waals surface area (Å²) in [4.78, 5) is 12.8. The first kappa shape index (κ1) is 17.4. The van der Waals surface area contributed by atoms with E-state index < -0.39 is 0 Å². The van der Waals surface area contributed by atoms with Crippen molar-refractivity contribution in [3.63, 3.8) is 0 Å². The number of halogens is 1. The fraction of sp³-hybridized carbons (Fsp3) is 0.200. The third kappa shape index (κ3) is 3.82. The van der Waals surface area contributed by atoms with E-state index in [9.17, 15) is 4.79 Å². The second kappa shape index (κ2) is 7.66. The van der Waals surface area contributed by atoms with Crippen LogP contribution >= 0.6 is 15.9 Å². The van der Waals surface area contributed by atoms with Crippen molar-refractivity contribution in [2.75, 3.05) is 0 Å². The maximum absolute atomic E-state index is 12.8. The maximum atomic E-state index is 12.8. The van der Waals surface area contributed by atoms with Crippen molar-refractivity contribution in [3.05, 3.63) is 87.7 Å². The molecule has 0 spiro atoms. The maximum Gasteiger partial charge on any atom is 0.273 e. The molecule has 0 fully saturated rings. The van der Waals surface area contributed by atoms with Gasteiger partial charge in [0.25, 0.3) is 5.91 Å². The first-order valence-electron chi connectivity index (χ1n) is 8.22. The smallest absolute Gasteiger partial charge is 0.273 e. The van der Waals surface area contributed by atoms with Gasteiger partial charge in [0.15, 0.2) is 5.69 Å². The molecule has 0 unspecified atom stereocenters. The second-order valence-electron chi connectivity index (χ2n) is 6.18. The van der Waals surface area contributed by atoms with Gasteiger partial charge in [0.2, 0.25) is 0 Å². The largest absolute Gasteiger partial charge is 0.340 e. The molecule has 1 aromatic heterocycles. The van der Waals surface area contributed by atoms with Crippen LogP contribution in [0.2, 0.25) is 0 Å². The number of amides is 1. The summed E-state index contributed by atoms with van der Waals surface area (Å²) < 4.78 is 0.722. The molecular weight excluding hydrogens is 378 g/mol. The third-order valence-electron chi connectivity index (χ3n) is 4.07. The Morgan fingerprint density at radius 2 is 1.52 bits per heavy atom. The first-order chi connectivity index (χ1) is 12.1. The van der Waals surface area contributed by atoms with E-state index in [1.165, 1.54) is 0 Å². The Labute approximate surface area is 155 Å². The molecule has 3 aromatic rings. The van der Waals surface area contributed by atoms with Gasteiger partial charge in [-0.1, -0.05) is 74.5 Å². The minimum Gasteiger partial charge on any atom is -0.340 e. The highest BCUT2D eigenvalue weighted by Crippen LogP contribution is 2.27. The zero-order chi connectivity index (χ0) is 17.8. The van der Waals surface area contributed by atoms with E-state index in [1.807, 2.05) is 60.7 Å². The van der Waals surface area contributed by atoms with Crippen LogP contribution in [-0.2, 0) is 0 Å². The summed E-state index contributed by atoms with van der Waals surface area (Å²) in [5.74, 6) is 0.0372. The van der Waals surface area contributed by atoms with Gasteiger partial charge in [-0.2, -0.15) is 5.10 Å². The number of nitrogens with zero attached hydrogens (tertiary/aromatic N) is 1. The summed E-state index contributed by atoms with van der Waals surface area (Å²) in [6.45, 7) is 4.10. The average molecular weight is 398 g/mol. The molecule has 4 nitrogen and oxygen atoms in total. The topological polar surface area (TPSA) is 57.8 Å². The second-order valence-corrected chi connectivity index (χ2v) is 6.98. The van der Waals surface area contributed by atoms with Gasteiger partial charge >= 0.3 is 0 Å². The van der Waals surface area contributed by atoms with Crippen molar-refractivity contribution in [1.82, 2.24) is 15.5 Å². The van der Waals surface area contributed by atoms with E-state index in [0.29, 0.717) is 5.69 Å². The van der Waals surface area contributed by atoms with E-state index in [2.05, 4.69) is 45.3 Å². The van der Waals surface area contributed by atoms with Gasteiger partial charge in [0.1, 0.15) is 0 Å². The molecule has 0 aliphatic heterocycles. The molecule has 2 N–H and O–H groups in total. The van der Waals surface area contributed by atoms with Gasteiger partial charge < -0.3 is 5.32 Å². The minimum atomic E-state index is -0.235. The van der Waals surface area contributed by atoms with Crippen LogP contribution in [0.15, 0.2) is 65.1 Å². The number of aromatic nitrogens is 2. The average Bonchev–Trinajstić information content (AvgIpc) is 3.03. The van der Waals surface area contributed by atoms with E-state index in [1.54, 1.807) is 0 Å². The molecule has 0 atom stereocenters. The van der Waals surface area contributed by atoms with Gasteiger partial charge in [-0.3, -0.25) is 9.89 Å².